The summed E-state index contributed by atoms with van der Waals surface area (Å²) in [6, 6.07) is 13.6. The maximum atomic E-state index is 6.28. The molecule has 2 heterocycles. The number of thiophene rings is 1. The summed E-state index contributed by atoms with van der Waals surface area (Å²) in [5.74, 6) is 0. The van der Waals surface area contributed by atoms with Crippen LogP contribution in [0, 0.1) is 0 Å². The molecule has 2 nitrogen and oxygen atoms in total. The molecule has 19 heavy (non-hydrogen) atoms. The molecule has 3 aromatic rings. The molecule has 2 N–H and O–H groups in total. The molecule has 0 spiro atoms. The van der Waals surface area contributed by atoms with Crippen molar-refractivity contribution in [2.24, 2.45) is 5.73 Å². The standard InChI is InChI=1S/C14H10BrClN2S/c15-9-7-8-3-1-2-4-10(8)18-14(9)13(17)11-5-6-12(16)19-11/h1-7,13H,17H2. The van der Waals surface area contributed by atoms with Gasteiger partial charge in [-0.05, 0) is 40.2 Å². The van der Waals surface area contributed by atoms with E-state index in [1.165, 1.54) is 11.3 Å². The van der Waals surface area contributed by atoms with E-state index < -0.39 is 0 Å². The Morgan fingerprint density at radius 1 is 1.21 bits per heavy atom. The van der Waals surface area contributed by atoms with E-state index in [2.05, 4.69) is 20.9 Å². The highest BCUT2D eigenvalue weighted by molar-refractivity contribution is 9.10. The minimum Gasteiger partial charge on any atom is -0.318 e. The molecule has 2 aromatic heterocycles. The quantitative estimate of drug-likeness (QED) is 0.721. The Morgan fingerprint density at radius 2 is 2.00 bits per heavy atom. The van der Waals surface area contributed by atoms with Crippen LogP contribution in [-0.2, 0) is 0 Å². The van der Waals surface area contributed by atoms with Gasteiger partial charge in [-0.2, -0.15) is 0 Å². The molecule has 0 aliphatic rings. The maximum Gasteiger partial charge on any atom is 0.0931 e. The summed E-state index contributed by atoms with van der Waals surface area (Å²) in [5, 5.41) is 1.09. The summed E-state index contributed by atoms with van der Waals surface area (Å²) < 4.78 is 1.66. The zero-order chi connectivity index (χ0) is 13.4. The Bertz CT molecular complexity index is 741. The van der Waals surface area contributed by atoms with Gasteiger partial charge >= 0.3 is 0 Å². The number of hydrogen-bond donors (Lipinski definition) is 1. The molecule has 5 heteroatoms. The fourth-order valence-electron chi connectivity index (χ4n) is 1.95. The number of hydrogen-bond acceptors (Lipinski definition) is 3. The second kappa shape index (κ2) is 5.21. The highest BCUT2D eigenvalue weighted by Crippen LogP contribution is 2.33. The lowest BCUT2D eigenvalue weighted by Gasteiger charge is -2.12. The Balaban J connectivity index is 2.11. The predicted molar refractivity (Wildman–Crippen MR) is 84.8 cm³/mol. The van der Waals surface area contributed by atoms with Crippen molar-refractivity contribution in [3.8, 4) is 0 Å². The van der Waals surface area contributed by atoms with Gasteiger partial charge in [0.15, 0.2) is 0 Å². The molecule has 0 radical (unpaired) electrons. The van der Waals surface area contributed by atoms with E-state index in [0.29, 0.717) is 0 Å². The number of halogens is 2. The first kappa shape index (κ1) is 13.1. The van der Waals surface area contributed by atoms with Gasteiger partial charge in [-0.15, -0.1) is 11.3 Å². The summed E-state index contributed by atoms with van der Waals surface area (Å²) >= 11 is 11.0. The summed E-state index contributed by atoms with van der Waals surface area (Å²) in [5.41, 5.74) is 8.05. The van der Waals surface area contributed by atoms with Crippen LogP contribution in [0.15, 0.2) is 46.9 Å². The Labute approximate surface area is 128 Å². The molecule has 1 aromatic carbocycles. The molecule has 0 amide bonds. The van der Waals surface area contributed by atoms with Gasteiger partial charge in [0, 0.05) is 14.7 Å². The van der Waals surface area contributed by atoms with Gasteiger partial charge in [0.05, 0.1) is 21.6 Å². The lowest BCUT2D eigenvalue weighted by atomic mass is 10.1. The summed E-state index contributed by atoms with van der Waals surface area (Å²) in [4.78, 5) is 5.66. The van der Waals surface area contributed by atoms with Crippen molar-refractivity contribution in [2.75, 3.05) is 0 Å². The maximum absolute atomic E-state index is 6.28. The van der Waals surface area contributed by atoms with E-state index in [4.69, 9.17) is 17.3 Å². The minimum absolute atomic E-state index is 0.267. The molecule has 1 unspecified atom stereocenters. The zero-order valence-corrected chi connectivity index (χ0v) is 13.0. The highest BCUT2D eigenvalue weighted by Gasteiger charge is 2.16. The van der Waals surface area contributed by atoms with Crippen molar-refractivity contribution in [3.63, 3.8) is 0 Å². The van der Waals surface area contributed by atoms with E-state index in [1.807, 2.05) is 42.5 Å². The van der Waals surface area contributed by atoms with Crippen LogP contribution in [0.1, 0.15) is 16.6 Å². The fraction of sp³-hybridized carbons (Fsp3) is 0.0714. The first-order chi connectivity index (χ1) is 9.15. The third-order valence-corrected chi connectivity index (χ3v) is 4.85. The van der Waals surface area contributed by atoms with Crippen molar-refractivity contribution < 1.29 is 0 Å². The number of para-hydroxylation sites is 1. The monoisotopic (exact) mass is 352 g/mol. The summed E-state index contributed by atoms with van der Waals surface area (Å²) in [6.45, 7) is 0. The Morgan fingerprint density at radius 3 is 2.74 bits per heavy atom. The highest BCUT2D eigenvalue weighted by atomic mass is 79.9. The molecule has 1 atom stereocenters. The van der Waals surface area contributed by atoms with Crippen molar-refractivity contribution in [1.29, 1.82) is 0 Å². The average Bonchev–Trinajstić information content (AvgIpc) is 2.84. The van der Waals surface area contributed by atoms with Crippen molar-refractivity contribution in [2.45, 2.75) is 6.04 Å². The van der Waals surface area contributed by atoms with Crippen LogP contribution < -0.4 is 5.73 Å². The van der Waals surface area contributed by atoms with Gasteiger partial charge in [-0.25, -0.2) is 4.98 Å². The summed E-state index contributed by atoms with van der Waals surface area (Å²) in [6.07, 6.45) is 0. The van der Waals surface area contributed by atoms with Gasteiger partial charge in [0.1, 0.15) is 0 Å². The second-order valence-electron chi connectivity index (χ2n) is 4.17. The van der Waals surface area contributed by atoms with Crippen molar-refractivity contribution >= 4 is 49.8 Å². The third-order valence-electron chi connectivity index (χ3n) is 2.90. The van der Waals surface area contributed by atoms with Crippen LogP contribution in [0.25, 0.3) is 10.9 Å². The van der Waals surface area contributed by atoms with E-state index in [1.54, 1.807) is 0 Å². The largest absolute Gasteiger partial charge is 0.318 e. The molecule has 3 rings (SSSR count). The lowest BCUT2D eigenvalue weighted by Crippen LogP contribution is -2.13. The molecule has 0 saturated heterocycles. The SMILES string of the molecule is NC(c1ccc(Cl)s1)c1nc2ccccc2cc1Br. The lowest BCUT2D eigenvalue weighted by molar-refractivity contribution is 0.848. The van der Waals surface area contributed by atoms with E-state index in [0.717, 1.165) is 30.3 Å². The smallest absolute Gasteiger partial charge is 0.0931 e. The molecular formula is C14H10BrClN2S. The molecular weight excluding hydrogens is 344 g/mol. The molecule has 0 bridgehead atoms. The number of rotatable bonds is 2. The summed E-state index contributed by atoms with van der Waals surface area (Å²) in [7, 11) is 0. The van der Waals surface area contributed by atoms with Crippen LogP contribution in [-0.4, -0.2) is 4.98 Å². The number of benzene rings is 1. The molecule has 0 aliphatic carbocycles. The predicted octanol–water partition coefficient (Wildman–Crippen LogP) is 4.76. The number of pyridine rings is 1. The normalized spacial score (nSPS) is 12.8. The van der Waals surface area contributed by atoms with Gasteiger partial charge in [0.25, 0.3) is 0 Å². The minimum atomic E-state index is -0.267. The Hall–Kier alpha value is -0.940. The van der Waals surface area contributed by atoms with E-state index >= 15 is 0 Å². The molecule has 96 valence electrons. The van der Waals surface area contributed by atoms with Gasteiger partial charge < -0.3 is 5.73 Å². The topological polar surface area (TPSA) is 38.9 Å². The van der Waals surface area contributed by atoms with Gasteiger partial charge in [0.2, 0.25) is 0 Å². The zero-order valence-electron chi connectivity index (χ0n) is 9.81. The fourth-order valence-corrected chi connectivity index (χ4v) is 3.60. The van der Waals surface area contributed by atoms with Crippen LogP contribution in [0.4, 0.5) is 0 Å². The molecule has 0 fully saturated rings. The van der Waals surface area contributed by atoms with Crippen molar-refractivity contribution in [1.82, 2.24) is 4.98 Å². The molecule has 0 saturated carbocycles. The van der Waals surface area contributed by atoms with Crippen molar-refractivity contribution in [3.05, 3.63) is 61.8 Å². The second-order valence-corrected chi connectivity index (χ2v) is 6.77. The van der Waals surface area contributed by atoms with E-state index in [-0.39, 0.29) is 6.04 Å². The third kappa shape index (κ3) is 2.54. The molecule has 0 aliphatic heterocycles. The first-order valence-electron chi connectivity index (χ1n) is 5.71. The number of nitrogens with two attached hydrogens (primary N) is 1. The van der Waals surface area contributed by atoms with Gasteiger partial charge in [-0.3, -0.25) is 0 Å². The van der Waals surface area contributed by atoms with Crippen LogP contribution >= 0.6 is 38.9 Å². The number of aromatic nitrogens is 1. The van der Waals surface area contributed by atoms with Crippen LogP contribution in [0.2, 0.25) is 4.34 Å². The Kier molecular flexibility index (Phi) is 3.58. The number of fused-ring (bicyclic) bond motifs is 1. The van der Waals surface area contributed by atoms with Gasteiger partial charge in [-0.1, -0.05) is 29.8 Å². The van der Waals surface area contributed by atoms with Crippen LogP contribution in [0.5, 0.6) is 0 Å². The number of nitrogens with zero attached hydrogens (tertiary/aromatic N) is 1. The van der Waals surface area contributed by atoms with Crippen LogP contribution in [0.3, 0.4) is 0 Å². The van der Waals surface area contributed by atoms with E-state index in [9.17, 15) is 0 Å². The average molecular weight is 354 g/mol. The first-order valence-corrected chi connectivity index (χ1v) is 7.70.